The van der Waals surface area contributed by atoms with E-state index in [1.807, 2.05) is 0 Å². The molecule has 0 fully saturated rings. The summed E-state index contributed by atoms with van der Waals surface area (Å²) in [7, 11) is -1.63. The molecule has 1 atom stereocenters. The number of aliphatic hydroxyl groups excluding tert-OH is 1. The van der Waals surface area contributed by atoms with Crippen molar-refractivity contribution in [3.05, 3.63) is 0 Å². The molecule has 116 valence electrons. The maximum Gasteiger partial charge on any atom is 0.191 e. The third-order valence-corrected chi connectivity index (χ3v) is 8.90. The molecule has 19 heavy (non-hydrogen) atoms. The van der Waals surface area contributed by atoms with Gasteiger partial charge in [-0.1, -0.05) is 59.8 Å². The van der Waals surface area contributed by atoms with Crippen molar-refractivity contribution in [2.24, 2.45) is 0 Å². The highest BCUT2D eigenvalue weighted by atomic mass is 28.4. The van der Waals surface area contributed by atoms with Crippen LogP contribution in [0.1, 0.15) is 72.6 Å². The van der Waals surface area contributed by atoms with E-state index in [9.17, 15) is 5.11 Å². The first-order valence-corrected chi connectivity index (χ1v) is 10.9. The average Bonchev–Trinajstić information content (AvgIpc) is 2.27. The van der Waals surface area contributed by atoms with Gasteiger partial charge in [-0.3, -0.25) is 0 Å². The van der Waals surface area contributed by atoms with E-state index in [0.717, 1.165) is 19.3 Å². The summed E-state index contributed by atoms with van der Waals surface area (Å²) in [6, 6.07) is 0. The van der Waals surface area contributed by atoms with Crippen LogP contribution in [0.25, 0.3) is 0 Å². The van der Waals surface area contributed by atoms with Crippen LogP contribution < -0.4 is 0 Å². The quantitative estimate of drug-likeness (QED) is 0.446. The van der Waals surface area contributed by atoms with Gasteiger partial charge in [0.1, 0.15) is 0 Å². The lowest BCUT2D eigenvalue weighted by Crippen LogP contribution is -2.41. The first kappa shape index (κ1) is 19.1. The summed E-state index contributed by atoms with van der Waals surface area (Å²) >= 11 is 0. The number of hydrogen-bond acceptors (Lipinski definition) is 2. The molecule has 0 aliphatic rings. The maximum absolute atomic E-state index is 9.94. The van der Waals surface area contributed by atoms with Crippen LogP contribution in [0.5, 0.6) is 0 Å². The van der Waals surface area contributed by atoms with Gasteiger partial charge >= 0.3 is 0 Å². The topological polar surface area (TPSA) is 29.5 Å². The minimum atomic E-state index is -1.63. The van der Waals surface area contributed by atoms with Crippen LogP contribution in [0.15, 0.2) is 0 Å². The summed E-state index contributed by atoms with van der Waals surface area (Å²) in [5, 5.41) is 10.2. The van der Waals surface area contributed by atoms with Gasteiger partial charge in [-0.25, -0.2) is 0 Å². The number of aliphatic hydroxyl groups is 1. The Kier molecular flexibility index (Phi) is 9.21. The summed E-state index contributed by atoms with van der Waals surface area (Å²) in [5.41, 5.74) is 0. The molecule has 0 rings (SSSR count). The number of rotatable bonds is 10. The van der Waals surface area contributed by atoms with E-state index in [4.69, 9.17) is 4.43 Å². The van der Waals surface area contributed by atoms with Crippen LogP contribution in [0.3, 0.4) is 0 Å². The smallest absolute Gasteiger partial charge is 0.191 e. The maximum atomic E-state index is 9.94. The lowest BCUT2D eigenvalue weighted by molar-refractivity contribution is 0.124. The lowest BCUT2D eigenvalue weighted by Gasteiger charge is -2.36. The normalized spacial score (nSPS) is 14.7. The molecule has 0 saturated carbocycles. The Balaban J connectivity index is 3.66. The molecule has 0 aromatic rings. The predicted octanol–water partition coefficient (Wildman–Crippen LogP) is 5.12. The van der Waals surface area contributed by atoms with E-state index in [2.05, 4.69) is 40.8 Å². The van der Waals surface area contributed by atoms with Crippen LogP contribution in [0.4, 0.5) is 0 Å². The van der Waals surface area contributed by atoms with Crippen LogP contribution in [-0.2, 0) is 4.43 Å². The Bertz CT molecular complexity index is 221. The monoisotopic (exact) mass is 288 g/mol. The Morgan fingerprint density at radius 3 is 2.11 bits per heavy atom. The average molecular weight is 289 g/mol. The number of hydrogen-bond donors (Lipinski definition) is 1. The van der Waals surface area contributed by atoms with Crippen LogP contribution in [-0.4, -0.2) is 26.1 Å². The zero-order valence-electron chi connectivity index (χ0n) is 14.1. The summed E-state index contributed by atoms with van der Waals surface area (Å²) in [6.45, 7) is 14.2. The van der Waals surface area contributed by atoms with E-state index in [0.29, 0.717) is 6.61 Å². The van der Waals surface area contributed by atoms with Gasteiger partial charge in [0.05, 0.1) is 6.10 Å². The van der Waals surface area contributed by atoms with E-state index in [1.165, 1.54) is 25.7 Å². The third kappa shape index (κ3) is 8.82. The van der Waals surface area contributed by atoms with Crippen molar-refractivity contribution in [1.82, 2.24) is 0 Å². The molecule has 0 bridgehead atoms. The van der Waals surface area contributed by atoms with Gasteiger partial charge in [0.25, 0.3) is 0 Å². The SMILES string of the molecule is CCCCCCC[C@H](O)CCO[Si](C)(C)C(C)(C)C. The fraction of sp³-hybridized carbons (Fsp3) is 1.00. The highest BCUT2D eigenvalue weighted by Crippen LogP contribution is 2.36. The fourth-order valence-electron chi connectivity index (χ4n) is 1.79. The van der Waals surface area contributed by atoms with Gasteiger partial charge in [-0.2, -0.15) is 0 Å². The Morgan fingerprint density at radius 1 is 1.00 bits per heavy atom. The van der Waals surface area contributed by atoms with Gasteiger partial charge in [0.15, 0.2) is 8.32 Å². The van der Waals surface area contributed by atoms with E-state index >= 15 is 0 Å². The molecule has 3 heteroatoms. The first-order chi connectivity index (χ1) is 8.70. The van der Waals surface area contributed by atoms with Gasteiger partial charge in [-0.15, -0.1) is 0 Å². The highest BCUT2D eigenvalue weighted by molar-refractivity contribution is 6.74. The summed E-state index contributed by atoms with van der Waals surface area (Å²) < 4.78 is 6.09. The Morgan fingerprint density at radius 2 is 1.58 bits per heavy atom. The molecule has 0 heterocycles. The van der Waals surface area contributed by atoms with Gasteiger partial charge < -0.3 is 9.53 Å². The standard InChI is InChI=1S/C16H36O2Si/c1-7-8-9-10-11-12-15(17)13-14-18-19(5,6)16(2,3)4/h15,17H,7-14H2,1-6H3/t15-/m0/s1. The van der Waals surface area contributed by atoms with Crippen LogP contribution >= 0.6 is 0 Å². The van der Waals surface area contributed by atoms with Crippen LogP contribution in [0.2, 0.25) is 18.1 Å². The van der Waals surface area contributed by atoms with Crippen molar-refractivity contribution >= 4 is 8.32 Å². The largest absolute Gasteiger partial charge is 0.417 e. The highest BCUT2D eigenvalue weighted by Gasteiger charge is 2.36. The van der Waals surface area contributed by atoms with Gasteiger partial charge in [0.2, 0.25) is 0 Å². The van der Waals surface area contributed by atoms with E-state index in [1.54, 1.807) is 0 Å². The molecule has 0 saturated heterocycles. The molecule has 0 aromatic heterocycles. The fourth-order valence-corrected chi connectivity index (χ4v) is 2.86. The minimum absolute atomic E-state index is 0.175. The summed E-state index contributed by atoms with van der Waals surface area (Å²) in [5.74, 6) is 0. The molecule has 0 spiro atoms. The van der Waals surface area contributed by atoms with Crippen molar-refractivity contribution in [3.8, 4) is 0 Å². The van der Waals surface area contributed by atoms with E-state index in [-0.39, 0.29) is 11.1 Å². The van der Waals surface area contributed by atoms with E-state index < -0.39 is 8.32 Å². The van der Waals surface area contributed by atoms with Crippen molar-refractivity contribution in [3.63, 3.8) is 0 Å². The van der Waals surface area contributed by atoms with Gasteiger partial charge in [-0.05, 0) is 31.0 Å². The van der Waals surface area contributed by atoms with Crippen molar-refractivity contribution in [2.75, 3.05) is 6.61 Å². The number of unbranched alkanes of at least 4 members (excludes halogenated alkanes) is 4. The zero-order valence-corrected chi connectivity index (χ0v) is 15.1. The molecule has 0 aliphatic heterocycles. The van der Waals surface area contributed by atoms with Crippen molar-refractivity contribution < 1.29 is 9.53 Å². The van der Waals surface area contributed by atoms with Crippen molar-refractivity contribution in [2.45, 2.75) is 96.9 Å². The summed E-state index contributed by atoms with van der Waals surface area (Å²) in [4.78, 5) is 0. The molecule has 0 aromatic carbocycles. The van der Waals surface area contributed by atoms with Crippen molar-refractivity contribution in [1.29, 1.82) is 0 Å². The molecular weight excluding hydrogens is 252 g/mol. The second-order valence-corrected chi connectivity index (χ2v) is 12.1. The molecule has 2 nitrogen and oxygen atoms in total. The lowest BCUT2D eigenvalue weighted by atomic mass is 10.1. The molecule has 0 radical (unpaired) electrons. The second-order valence-electron chi connectivity index (χ2n) is 7.25. The Hall–Kier alpha value is 0.137. The third-order valence-electron chi connectivity index (χ3n) is 4.36. The molecule has 1 N–H and O–H groups in total. The molecule has 0 amide bonds. The predicted molar refractivity (Wildman–Crippen MR) is 87.1 cm³/mol. The first-order valence-electron chi connectivity index (χ1n) is 8.02. The molecule has 0 aliphatic carbocycles. The Labute approximate surface area is 122 Å². The second kappa shape index (κ2) is 9.14. The molecular formula is C16H36O2Si. The zero-order chi connectivity index (χ0) is 14.9. The van der Waals surface area contributed by atoms with Crippen LogP contribution in [0, 0.1) is 0 Å². The van der Waals surface area contributed by atoms with Gasteiger partial charge in [0, 0.05) is 6.61 Å². The molecule has 0 unspecified atom stereocenters. The minimum Gasteiger partial charge on any atom is -0.417 e. The summed E-state index contributed by atoms with van der Waals surface area (Å²) in [6.07, 6.45) is 7.88.